The Bertz CT molecular complexity index is 400. The van der Waals surface area contributed by atoms with Crippen LogP contribution in [-0.4, -0.2) is 24.8 Å². The van der Waals surface area contributed by atoms with Gasteiger partial charge in [0.15, 0.2) is 0 Å². The van der Waals surface area contributed by atoms with Gasteiger partial charge in [-0.15, -0.1) is 0 Å². The fourth-order valence-electron chi connectivity index (χ4n) is 1.94. The van der Waals surface area contributed by atoms with E-state index >= 15 is 0 Å². The van der Waals surface area contributed by atoms with Crippen molar-refractivity contribution in [2.75, 3.05) is 13.7 Å². The quantitative estimate of drug-likeness (QED) is 0.831. The Kier molecular flexibility index (Phi) is 2.99. The molecule has 1 aromatic rings. The van der Waals surface area contributed by atoms with E-state index in [1.54, 1.807) is 25.3 Å². The van der Waals surface area contributed by atoms with E-state index < -0.39 is 11.9 Å². The molecule has 1 N–H and O–H groups in total. The number of methoxy groups -OCH3 is 1. The molecule has 16 heavy (non-hydrogen) atoms. The van der Waals surface area contributed by atoms with Gasteiger partial charge in [0.05, 0.1) is 19.6 Å². The number of aliphatic carboxylic acids is 1. The summed E-state index contributed by atoms with van der Waals surface area (Å²) >= 11 is 0. The second-order valence-electron chi connectivity index (χ2n) is 3.79. The predicted molar refractivity (Wildman–Crippen MR) is 58.1 cm³/mol. The maximum atomic E-state index is 11.2. The van der Waals surface area contributed by atoms with E-state index in [1.807, 2.05) is 0 Å². The van der Waals surface area contributed by atoms with Crippen LogP contribution in [-0.2, 0) is 4.79 Å². The maximum Gasteiger partial charge on any atom is 0.311 e. The first-order valence-electron chi connectivity index (χ1n) is 5.26. The van der Waals surface area contributed by atoms with Crippen LogP contribution < -0.4 is 9.47 Å². The van der Waals surface area contributed by atoms with Gasteiger partial charge in [-0.25, -0.2) is 0 Å². The van der Waals surface area contributed by atoms with Gasteiger partial charge >= 0.3 is 5.97 Å². The SMILES string of the molecule is COc1ccc2c(c1)C(C(=O)O)CCCO2. The molecule has 0 aromatic heterocycles. The lowest BCUT2D eigenvalue weighted by Crippen LogP contribution is -2.10. The second kappa shape index (κ2) is 4.43. The van der Waals surface area contributed by atoms with Crippen molar-refractivity contribution in [3.8, 4) is 11.5 Å². The first-order chi connectivity index (χ1) is 7.72. The summed E-state index contributed by atoms with van der Waals surface area (Å²) in [6.45, 7) is 0.573. The zero-order valence-corrected chi connectivity index (χ0v) is 9.10. The van der Waals surface area contributed by atoms with Gasteiger partial charge in [0.1, 0.15) is 11.5 Å². The van der Waals surface area contributed by atoms with Crippen LogP contribution >= 0.6 is 0 Å². The molecule has 0 radical (unpaired) electrons. The van der Waals surface area contributed by atoms with Gasteiger partial charge in [-0.2, -0.15) is 0 Å². The Hall–Kier alpha value is -1.71. The molecule has 0 aliphatic carbocycles. The van der Waals surface area contributed by atoms with E-state index in [0.717, 1.165) is 6.42 Å². The molecule has 0 bridgehead atoms. The van der Waals surface area contributed by atoms with Crippen LogP contribution in [0.15, 0.2) is 18.2 Å². The van der Waals surface area contributed by atoms with Crippen molar-refractivity contribution in [2.24, 2.45) is 0 Å². The minimum atomic E-state index is -0.806. The van der Waals surface area contributed by atoms with Crippen LogP contribution in [0.4, 0.5) is 0 Å². The Morgan fingerprint density at radius 1 is 1.56 bits per heavy atom. The molecule has 0 saturated heterocycles. The summed E-state index contributed by atoms with van der Waals surface area (Å²) in [6, 6.07) is 5.30. The number of fused-ring (bicyclic) bond motifs is 1. The molecule has 0 amide bonds. The van der Waals surface area contributed by atoms with Crippen LogP contribution in [0.25, 0.3) is 0 Å². The zero-order valence-electron chi connectivity index (χ0n) is 9.10. The number of benzene rings is 1. The molecule has 1 aliphatic rings. The summed E-state index contributed by atoms with van der Waals surface area (Å²) in [5.41, 5.74) is 0.712. The molecular formula is C12H14O4. The van der Waals surface area contributed by atoms with Crippen LogP contribution in [0.1, 0.15) is 24.3 Å². The second-order valence-corrected chi connectivity index (χ2v) is 3.79. The number of rotatable bonds is 2. The minimum Gasteiger partial charge on any atom is -0.497 e. The molecule has 1 aliphatic heterocycles. The van der Waals surface area contributed by atoms with E-state index in [4.69, 9.17) is 9.47 Å². The number of hydrogen-bond donors (Lipinski definition) is 1. The van der Waals surface area contributed by atoms with Crippen molar-refractivity contribution >= 4 is 5.97 Å². The highest BCUT2D eigenvalue weighted by atomic mass is 16.5. The Morgan fingerprint density at radius 3 is 3.06 bits per heavy atom. The number of carbonyl (C=O) groups is 1. The summed E-state index contributed by atoms with van der Waals surface area (Å²) in [6.07, 6.45) is 1.36. The normalized spacial score (nSPS) is 19.2. The number of hydrogen-bond acceptors (Lipinski definition) is 3. The topological polar surface area (TPSA) is 55.8 Å². The third kappa shape index (κ3) is 1.96. The monoisotopic (exact) mass is 222 g/mol. The van der Waals surface area contributed by atoms with Gasteiger partial charge in [0.2, 0.25) is 0 Å². The highest BCUT2D eigenvalue weighted by Crippen LogP contribution is 2.35. The zero-order chi connectivity index (χ0) is 11.5. The standard InChI is InChI=1S/C12H14O4/c1-15-8-4-5-11-10(7-8)9(12(13)14)3-2-6-16-11/h4-5,7,9H,2-3,6H2,1H3,(H,13,14). The van der Waals surface area contributed by atoms with E-state index in [1.165, 1.54) is 0 Å². The molecule has 0 saturated carbocycles. The van der Waals surface area contributed by atoms with Crippen molar-refractivity contribution in [2.45, 2.75) is 18.8 Å². The molecule has 4 nitrogen and oxygen atoms in total. The number of carboxylic acid groups (broad SMARTS) is 1. The van der Waals surface area contributed by atoms with Crippen molar-refractivity contribution < 1.29 is 19.4 Å². The van der Waals surface area contributed by atoms with Crippen LogP contribution in [0.2, 0.25) is 0 Å². The molecule has 2 rings (SSSR count). The summed E-state index contributed by atoms with van der Waals surface area (Å²) < 4.78 is 10.6. The summed E-state index contributed by atoms with van der Waals surface area (Å²) in [4.78, 5) is 11.2. The van der Waals surface area contributed by atoms with Gasteiger partial charge in [0.25, 0.3) is 0 Å². The molecule has 1 heterocycles. The van der Waals surface area contributed by atoms with Gasteiger partial charge in [0, 0.05) is 5.56 Å². The number of ether oxygens (including phenoxy) is 2. The third-order valence-corrected chi connectivity index (χ3v) is 2.79. The lowest BCUT2D eigenvalue weighted by molar-refractivity contribution is -0.138. The molecule has 1 atom stereocenters. The smallest absolute Gasteiger partial charge is 0.311 e. The summed E-state index contributed by atoms with van der Waals surface area (Å²) in [5.74, 6) is 0.0220. The predicted octanol–water partition coefficient (Wildman–Crippen LogP) is 2.04. The van der Waals surface area contributed by atoms with E-state index in [-0.39, 0.29) is 0 Å². The first kappa shape index (κ1) is 10.8. The average Bonchev–Trinajstić information content (AvgIpc) is 2.49. The average molecular weight is 222 g/mol. The van der Waals surface area contributed by atoms with Crippen molar-refractivity contribution in [1.29, 1.82) is 0 Å². The van der Waals surface area contributed by atoms with Crippen molar-refractivity contribution in [3.63, 3.8) is 0 Å². The number of carboxylic acids is 1. The van der Waals surface area contributed by atoms with E-state index in [0.29, 0.717) is 30.1 Å². The van der Waals surface area contributed by atoms with Crippen LogP contribution in [0.3, 0.4) is 0 Å². The fourth-order valence-corrected chi connectivity index (χ4v) is 1.94. The molecular weight excluding hydrogens is 208 g/mol. The molecule has 0 spiro atoms. The summed E-state index contributed by atoms with van der Waals surface area (Å²) in [5, 5.41) is 9.18. The third-order valence-electron chi connectivity index (χ3n) is 2.79. The minimum absolute atomic E-state index is 0.493. The van der Waals surface area contributed by atoms with Gasteiger partial charge in [-0.3, -0.25) is 4.79 Å². The first-order valence-corrected chi connectivity index (χ1v) is 5.26. The molecule has 0 fully saturated rings. The highest BCUT2D eigenvalue weighted by Gasteiger charge is 2.26. The summed E-state index contributed by atoms with van der Waals surface area (Å²) in [7, 11) is 1.56. The largest absolute Gasteiger partial charge is 0.497 e. The lowest BCUT2D eigenvalue weighted by Gasteiger charge is -2.13. The van der Waals surface area contributed by atoms with E-state index in [2.05, 4.69) is 0 Å². The molecule has 86 valence electrons. The van der Waals surface area contributed by atoms with Gasteiger partial charge < -0.3 is 14.6 Å². The highest BCUT2D eigenvalue weighted by molar-refractivity contribution is 5.77. The Balaban J connectivity index is 2.44. The van der Waals surface area contributed by atoms with Gasteiger partial charge in [-0.05, 0) is 31.0 Å². The van der Waals surface area contributed by atoms with Crippen molar-refractivity contribution in [3.05, 3.63) is 23.8 Å². The Morgan fingerprint density at radius 2 is 2.38 bits per heavy atom. The molecule has 4 heteroatoms. The van der Waals surface area contributed by atoms with E-state index in [9.17, 15) is 9.90 Å². The molecule has 1 aromatic carbocycles. The van der Waals surface area contributed by atoms with Crippen LogP contribution in [0.5, 0.6) is 11.5 Å². The lowest BCUT2D eigenvalue weighted by atomic mass is 9.94. The van der Waals surface area contributed by atoms with Gasteiger partial charge in [-0.1, -0.05) is 0 Å². The van der Waals surface area contributed by atoms with Crippen molar-refractivity contribution in [1.82, 2.24) is 0 Å². The Labute approximate surface area is 93.8 Å². The maximum absolute atomic E-state index is 11.2. The fraction of sp³-hybridized carbons (Fsp3) is 0.417. The van der Waals surface area contributed by atoms with Crippen LogP contribution in [0, 0.1) is 0 Å². The molecule has 1 unspecified atom stereocenters.